The molecule has 0 aromatic heterocycles. The fourth-order valence-electron chi connectivity index (χ4n) is 3.52. The molecule has 0 atom stereocenters. The van der Waals surface area contributed by atoms with Gasteiger partial charge in [0.05, 0.1) is 33.9 Å². The molecule has 1 heterocycles. The van der Waals surface area contributed by atoms with Crippen LogP contribution in [0.1, 0.15) is 30.5 Å². The van der Waals surface area contributed by atoms with E-state index in [4.69, 9.17) is 10.00 Å². The van der Waals surface area contributed by atoms with Gasteiger partial charge in [-0.3, -0.25) is 9.59 Å². The van der Waals surface area contributed by atoms with Gasteiger partial charge in [-0.15, -0.1) is 11.8 Å². The number of benzene rings is 3. The summed E-state index contributed by atoms with van der Waals surface area (Å²) in [5, 5.41) is 9.07. The molecule has 4 rings (SSSR count). The summed E-state index contributed by atoms with van der Waals surface area (Å²) in [6.45, 7) is 3.90. The Hall–Kier alpha value is -3.82. The summed E-state index contributed by atoms with van der Waals surface area (Å²) in [5.41, 5.74) is 3.01. The molecule has 0 aliphatic carbocycles. The highest BCUT2D eigenvalue weighted by atomic mass is 32.2. The number of rotatable bonds is 7. The van der Waals surface area contributed by atoms with Crippen molar-refractivity contribution in [2.75, 3.05) is 4.90 Å². The zero-order chi connectivity index (χ0) is 23.4. The summed E-state index contributed by atoms with van der Waals surface area (Å²) in [7, 11) is 0. The van der Waals surface area contributed by atoms with Gasteiger partial charge in [0.25, 0.3) is 11.8 Å². The van der Waals surface area contributed by atoms with E-state index in [2.05, 4.69) is 6.07 Å². The maximum Gasteiger partial charge on any atom is 0.272 e. The third-order valence-electron chi connectivity index (χ3n) is 5.04. The lowest BCUT2D eigenvalue weighted by Crippen LogP contribution is -2.31. The lowest BCUT2D eigenvalue weighted by Gasteiger charge is -2.15. The summed E-state index contributed by atoms with van der Waals surface area (Å²) in [5.74, 6) is 0.531. The van der Waals surface area contributed by atoms with Crippen molar-refractivity contribution in [1.29, 1.82) is 5.26 Å². The van der Waals surface area contributed by atoms with Crippen molar-refractivity contribution in [1.82, 2.24) is 0 Å². The minimum absolute atomic E-state index is 0.0358. The minimum atomic E-state index is -0.377. The molecule has 0 saturated carbocycles. The van der Waals surface area contributed by atoms with E-state index in [-0.39, 0.29) is 17.9 Å². The van der Waals surface area contributed by atoms with E-state index >= 15 is 0 Å². The molecular formula is C27H22N2O3S. The molecule has 0 unspecified atom stereocenters. The Balaban J connectivity index is 1.71. The van der Waals surface area contributed by atoms with E-state index in [9.17, 15) is 9.59 Å². The summed E-state index contributed by atoms with van der Waals surface area (Å²) < 4.78 is 5.71. The van der Waals surface area contributed by atoms with Crippen LogP contribution in [0.4, 0.5) is 5.69 Å². The SMILES string of the molecule is CC(C)Oc1ccc(C2=C(SCc3ccccc3)C(=O)N(c3ccc(C#N)cc3)C2=O)cc1. The fraction of sp³-hybridized carbons (Fsp3) is 0.148. The first-order valence-corrected chi connectivity index (χ1v) is 11.5. The van der Waals surface area contributed by atoms with Crippen molar-refractivity contribution in [2.45, 2.75) is 25.7 Å². The van der Waals surface area contributed by atoms with Crippen LogP contribution in [-0.2, 0) is 15.3 Å². The van der Waals surface area contributed by atoms with E-state index in [0.717, 1.165) is 5.56 Å². The molecule has 0 saturated heterocycles. The molecule has 164 valence electrons. The Kier molecular flexibility index (Phi) is 6.62. The van der Waals surface area contributed by atoms with Crippen LogP contribution in [-0.4, -0.2) is 17.9 Å². The average molecular weight is 455 g/mol. The monoisotopic (exact) mass is 454 g/mol. The van der Waals surface area contributed by atoms with Crippen molar-refractivity contribution in [3.8, 4) is 11.8 Å². The highest BCUT2D eigenvalue weighted by Crippen LogP contribution is 2.40. The van der Waals surface area contributed by atoms with Crippen LogP contribution in [0.15, 0.2) is 83.8 Å². The van der Waals surface area contributed by atoms with E-state index in [1.165, 1.54) is 16.7 Å². The molecule has 0 bridgehead atoms. The number of hydrogen-bond donors (Lipinski definition) is 0. The number of carbonyl (C=O) groups excluding carboxylic acids is 2. The average Bonchev–Trinajstić information content (AvgIpc) is 3.08. The van der Waals surface area contributed by atoms with Crippen molar-refractivity contribution >= 4 is 34.8 Å². The zero-order valence-electron chi connectivity index (χ0n) is 18.3. The summed E-state index contributed by atoms with van der Waals surface area (Å²) in [6, 6.07) is 25.6. The Morgan fingerprint density at radius 2 is 1.58 bits per heavy atom. The summed E-state index contributed by atoms with van der Waals surface area (Å²) >= 11 is 1.36. The number of ether oxygens (including phenoxy) is 1. The second-order valence-corrected chi connectivity index (χ2v) is 8.76. The zero-order valence-corrected chi connectivity index (χ0v) is 19.1. The number of imide groups is 1. The molecule has 0 spiro atoms. The quantitative estimate of drug-likeness (QED) is 0.437. The van der Waals surface area contributed by atoms with E-state index in [1.54, 1.807) is 24.3 Å². The molecule has 1 aliphatic heterocycles. The van der Waals surface area contributed by atoms with Gasteiger partial charge in [0.1, 0.15) is 5.75 Å². The molecule has 3 aromatic rings. The second kappa shape index (κ2) is 9.76. The van der Waals surface area contributed by atoms with Crippen LogP contribution in [0.5, 0.6) is 5.75 Å². The third-order valence-corrected chi connectivity index (χ3v) is 6.18. The van der Waals surface area contributed by atoms with Crippen molar-refractivity contribution in [2.24, 2.45) is 0 Å². The van der Waals surface area contributed by atoms with Gasteiger partial charge in [0, 0.05) is 5.75 Å². The maximum atomic E-state index is 13.5. The molecule has 3 aromatic carbocycles. The second-order valence-electron chi connectivity index (χ2n) is 7.77. The number of nitrogens with zero attached hydrogens (tertiary/aromatic N) is 2. The van der Waals surface area contributed by atoms with Gasteiger partial charge in [-0.05, 0) is 61.4 Å². The fourth-order valence-corrected chi connectivity index (χ4v) is 4.59. The third kappa shape index (κ3) is 4.84. The number of hydrogen-bond acceptors (Lipinski definition) is 5. The molecule has 5 nitrogen and oxygen atoms in total. The highest BCUT2D eigenvalue weighted by molar-refractivity contribution is 8.03. The molecular weight excluding hydrogens is 432 g/mol. The predicted molar refractivity (Wildman–Crippen MR) is 131 cm³/mol. The first kappa shape index (κ1) is 22.4. The van der Waals surface area contributed by atoms with Gasteiger partial charge in [-0.25, -0.2) is 4.90 Å². The van der Waals surface area contributed by atoms with Crippen LogP contribution in [0, 0.1) is 11.3 Å². The standard InChI is InChI=1S/C27H22N2O3S/c1-18(2)32-23-14-10-21(11-15-23)24-25(33-17-20-6-4-3-5-7-20)27(31)29(26(24)30)22-12-8-19(16-28)9-13-22/h3-15,18H,17H2,1-2H3. The Bertz CT molecular complexity index is 1240. The Labute approximate surface area is 197 Å². The van der Waals surface area contributed by atoms with Crippen LogP contribution in [0.3, 0.4) is 0 Å². The van der Waals surface area contributed by atoms with Gasteiger partial charge in [-0.2, -0.15) is 5.26 Å². The molecule has 33 heavy (non-hydrogen) atoms. The number of thioether (sulfide) groups is 1. The molecule has 2 amide bonds. The molecule has 0 fully saturated rings. The molecule has 0 radical (unpaired) electrons. The first-order valence-electron chi connectivity index (χ1n) is 10.5. The van der Waals surface area contributed by atoms with Crippen molar-refractivity contribution in [3.63, 3.8) is 0 Å². The van der Waals surface area contributed by atoms with Crippen LogP contribution < -0.4 is 9.64 Å². The number of anilines is 1. The lowest BCUT2D eigenvalue weighted by atomic mass is 10.1. The molecule has 6 heteroatoms. The molecule has 0 N–H and O–H groups in total. The summed E-state index contributed by atoms with van der Waals surface area (Å²) in [4.78, 5) is 28.5. The minimum Gasteiger partial charge on any atom is -0.491 e. The number of nitriles is 1. The Morgan fingerprint density at radius 1 is 0.909 bits per heavy atom. The van der Waals surface area contributed by atoms with Crippen molar-refractivity contribution in [3.05, 3.63) is 100 Å². The number of amides is 2. The van der Waals surface area contributed by atoms with Crippen LogP contribution in [0.25, 0.3) is 5.57 Å². The maximum absolute atomic E-state index is 13.5. The van der Waals surface area contributed by atoms with Gasteiger partial charge < -0.3 is 4.74 Å². The smallest absolute Gasteiger partial charge is 0.272 e. The largest absolute Gasteiger partial charge is 0.491 e. The van der Waals surface area contributed by atoms with Gasteiger partial charge >= 0.3 is 0 Å². The van der Waals surface area contributed by atoms with E-state index < -0.39 is 0 Å². The first-order chi connectivity index (χ1) is 16.0. The van der Waals surface area contributed by atoms with E-state index in [0.29, 0.717) is 38.8 Å². The van der Waals surface area contributed by atoms with Crippen molar-refractivity contribution < 1.29 is 14.3 Å². The Morgan fingerprint density at radius 3 is 2.18 bits per heavy atom. The van der Waals surface area contributed by atoms with Crippen LogP contribution in [0.2, 0.25) is 0 Å². The normalized spacial score (nSPS) is 13.6. The number of carbonyl (C=O) groups is 2. The highest BCUT2D eigenvalue weighted by Gasteiger charge is 2.40. The van der Waals surface area contributed by atoms with Gasteiger partial charge in [0.2, 0.25) is 0 Å². The van der Waals surface area contributed by atoms with Gasteiger partial charge in [-0.1, -0.05) is 42.5 Å². The van der Waals surface area contributed by atoms with Crippen LogP contribution >= 0.6 is 11.8 Å². The van der Waals surface area contributed by atoms with E-state index in [1.807, 2.05) is 68.4 Å². The topological polar surface area (TPSA) is 70.4 Å². The molecule has 1 aliphatic rings. The predicted octanol–water partition coefficient (Wildman–Crippen LogP) is 5.56. The lowest BCUT2D eigenvalue weighted by molar-refractivity contribution is -0.119. The van der Waals surface area contributed by atoms with Gasteiger partial charge in [0.15, 0.2) is 0 Å². The summed E-state index contributed by atoms with van der Waals surface area (Å²) in [6.07, 6.45) is 0.0358.